The molecule has 0 saturated heterocycles. The Morgan fingerprint density at radius 2 is 0.814 bits per heavy atom. The van der Waals surface area contributed by atoms with E-state index in [0.29, 0.717) is 84.8 Å². The largest absolute Gasteiger partial charge is 0.495 e. The summed E-state index contributed by atoms with van der Waals surface area (Å²) in [6.07, 6.45) is -3.45. The first kappa shape index (κ1) is 78.6. The fourth-order valence-corrected chi connectivity index (χ4v) is 15.7. The van der Waals surface area contributed by atoms with Gasteiger partial charge in [-0.25, -0.2) is 9.97 Å². The smallest absolute Gasteiger partial charge is 0.421 e. The number of halogens is 6. The first-order chi connectivity index (χ1) is 48.7. The SMILES string of the molecule is COCCOP(=O)(Cc1ccc(Nc2nc(Nc3ccc(C4CCC(O)CC4)c4c3C(=O)N(C)C4)ncc2C(F)(F)F)c(OC)c1)OCCOC.COCCOP(=O)(Cc1ccc(Nc2ncc(C(F)(F)F)c(Nc3ccc(C4CCC(O)CC4)c4c3C(=O)N(C)C4)n2)c(OC)c1)OCCOC. The molecule has 6 aromatic rings. The van der Waals surface area contributed by atoms with E-state index in [1.54, 1.807) is 55.4 Å². The third-order valence-corrected chi connectivity index (χ3v) is 21.5. The number of nitrogens with zero attached hydrogens (tertiary/aromatic N) is 6. The fourth-order valence-electron chi connectivity index (χ4n) is 12.5. The maximum atomic E-state index is 14.2. The van der Waals surface area contributed by atoms with Gasteiger partial charge in [-0.05, 0) is 133 Å². The number of benzene rings is 4. The summed E-state index contributed by atoms with van der Waals surface area (Å²) in [5, 5.41) is 31.4. The lowest BCUT2D eigenvalue weighted by molar-refractivity contribution is -0.138. The molecule has 2 aromatic heterocycles. The second-order valence-corrected chi connectivity index (χ2v) is 28.9. The molecule has 0 unspecified atom stereocenters. The number of aliphatic hydroxyl groups is 2. The molecule has 0 spiro atoms. The van der Waals surface area contributed by atoms with Crippen molar-refractivity contribution >= 4 is 73.3 Å². The van der Waals surface area contributed by atoms with Crippen molar-refractivity contribution in [2.45, 2.75) is 113 Å². The Balaban J connectivity index is 0.000000237. The number of rotatable bonds is 32. The molecule has 2 aliphatic heterocycles. The average molecular weight is 1480 g/mol. The van der Waals surface area contributed by atoms with Crippen LogP contribution in [0.25, 0.3) is 0 Å². The van der Waals surface area contributed by atoms with Crippen molar-refractivity contribution < 1.29 is 102 Å². The lowest BCUT2D eigenvalue weighted by atomic mass is 9.80. The first-order valence-electron chi connectivity index (χ1n) is 32.9. The molecule has 4 aliphatic rings. The number of anilines is 8. The van der Waals surface area contributed by atoms with Crippen molar-refractivity contribution in [2.75, 3.05) is 131 Å². The highest BCUT2D eigenvalue weighted by Crippen LogP contribution is 2.54. The summed E-state index contributed by atoms with van der Waals surface area (Å²) < 4.78 is 165. The van der Waals surface area contributed by atoms with Crippen molar-refractivity contribution in [3.63, 3.8) is 0 Å². The van der Waals surface area contributed by atoms with Gasteiger partial charge in [-0.15, -0.1) is 0 Å². The summed E-state index contributed by atoms with van der Waals surface area (Å²) >= 11 is 0. The number of hydrogen-bond acceptors (Lipinski definition) is 24. The Kier molecular flexibility index (Phi) is 27.2. The van der Waals surface area contributed by atoms with Crippen LogP contribution in [0, 0.1) is 0 Å². The number of methoxy groups -OCH3 is 6. The zero-order valence-corrected chi connectivity index (χ0v) is 59.6. The van der Waals surface area contributed by atoms with Gasteiger partial charge in [0.05, 0.1) is 125 Å². The maximum Gasteiger partial charge on any atom is 0.421 e. The lowest BCUT2D eigenvalue weighted by Crippen LogP contribution is -2.18. The highest BCUT2D eigenvalue weighted by Gasteiger charge is 2.40. The van der Waals surface area contributed by atoms with Crippen molar-refractivity contribution in [2.24, 2.45) is 0 Å². The Labute approximate surface area is 586 Å². The number of nitrogens with one attached hydrogen (secondary N) is 4. The molecule has 34 heteroatoms. The molecule has 2 amide bonds. The van der Waals surface area contributed by atoms with Crippen molar-refractivity contribution in [1.29, 1.82) is 0 Å². The third-order valence-electron chi connectivity index (χ3n) is 17.7. The van der Waals surface area contributed by atoms with E-state index in [2.05, 4.69) is 41.2 Å². The number of carbonyl (C=O) groups is 2. The molecule has 4 heterocycles. The average Bonchev–Trinajstić information content (AvgIpc) is 1.57. The zero-order valence-electron chi connectivity index (χ0n) is 57.8. The van der Waals surface area contributed by atoms with Gasteiger partial charge < -0.3 is 87.8 Å². The lowest BCUT2D eigenvalue weighted by Gasteiger charge is -2.27. The van der Waals surface area contributed by atoms with Crippen LogP contribution in [-0.4, -0.2) is 174 Å². The fraction of sp³-hybridized carbons (Fsp3) is 0.500. The van der Waals surface area contributed by atoms with E-state index in [1.165, 1.54) is 59.7 Å². The van der Waals surface area contributed by atoms with Gasteiger partial charge in [0, 0.05) is 68.0 Å². The summed E-state index contributed by atoms with van der Waals surface area (Å²) in [7, 11) is 4.75. The van der Waals surface area contributed by atoms with E-state index in [1.807, 2.05) is 12.1 Å². The van der Waals surface area contributed by atoms with E-state index in [4.69, 9.17) is 46.5 Å². The van der Waals surface area contributed by atoms with Gasteiger partial charge in [0.2, 0.25) is 11.9 Å². The standard InChI is InChI=1S/2C34H43F3N5O8P/c1-42-19-25-24(22-6-8-23(43)9-7-22)10-12-28(30(25)32(42)44)39-31-26(34(35,36)37)18-38-33(41-31)40-27-11-5-21(17-29(27)48-4)20-51(45,49-15-13-46-2)50-16-14-47-3;1-42-19-25-24(22-6-8-23(43)9-7-22)10-12-28(30(25)32(42)44)40-33-38-18-26(34(35,36)37)31(41-33)39-27-11-5-21(17-29(27)48-4)20-51(45,49-15-13-46-2)50-16-14-47-3/h2*5,10-12,17-18,22-23,43H,6-9,13-16,19-20H2,1-4H3,(H2,38,39,40,41). The minimum atomic E-state index is -4.81. The van der Waals surface area contributed by atoms with Gasteiger partial charge in [0.25, 0.3) is 11.8 Å². The predicted octanol–water partition coefficient (Wildman–Crippen LogP) is 13.2. The molecule has 6 N–H and O–H groups in total. The quantitative estimate of drug-likeness (QED) is 0.0130. The Morgan fingerprint density at radius 1 is 0.480 bits per heavy atom. The summed E-state index contributed by atoms with van der Waals surface area (Å²) in [6, 6.07) is 16.5. The summed E-state index contributed by atoms with van der Waals surface area (Å²) in [4.78, 5) is 46.0. The van der Waals surface area contributed by atoms with E-state index in [9.17, 15) is 55.3 Å². The van der Waals surface area contributed by atoms with Gasteiger partial charge in [-0.2, -0.15) is 36.3 Å². The molecule has 2 aliphatic carbocycles. The molecule has 4 aromatic carbocycles. The van der Waals surface area contributed by atoms with Gasteiger partial charge in [0.1, 0.15) is 34.3 Å². The van der Waals surface area contributed by atoms with Crippen LogP contribution < -0.4 is 30.7 Å². The highest BCUT2D eigenvalue weighted by molar-refractivity contribution is 7.53. The van der Waals surface area contributed by atoms with Crippen LogP contribution in [0.4, 0.5) is 72.6 Å². The molecule has 102 heavy (non-hydrogen) atoms. The number of aliphatic hydroxyl groups excluding tert-OH is 2. The van der Waals surface area contributed by atoms with Gasteiger partial charge in [0.15, 0.2) is 0 Å². The normalized spacial score (nSPS) is 17.8. The highest BCUT2D eigenvalue weighted by atomic mass is 31.2. The summed E-state index contributed by atoms with van der Waals surface area (Å²) in [5.41, 5.74) is 4.15. The van der Waals surface area contributed by atoms with Crippen LogP contribution in [0.2, 0.25) is 0 Å². The predicted molar refractivity (Wildman–Crippen MR) is 366 cm³/mol. The van der Waals surface area contributed by atoms with Crippen LogP contribution >= 0.6 is 15.2 Å². The molecule has 0 bridgehead atoms. The number of ether oxygens (including phenoxy) is 6. The number of alkyl halides is 6. The van der Waals surface area contributed by atoms with E-state index < -0.39 is 50.3 Å². The minimum absolute atomic E-state index is 0.0190. The van der Waals surface area contributed by atoms with Crippen LogP contribution in [-0.2, 0) is 83.9 Å². The van der Waals surface area contributed by atoms with Crippen LogP contribution in [0.5, 0.6) is 11.5 Å². The third kappa shape index (κ3) is 20.0. The number of aromatic nitrogens is 4. The number of amides is 2. The Hall–Kier alpha value is -7.58. The summed E-state index contributed by atoms with van der Waals surface area (Å²) in [5.74, 6) is -1.24. The molecular weight excluding hydrogens is 1390 g/mol. The molecule has 2 saturated carbocycles. The van der Waals surface area contributed by atoms with Crippen LogP contribution in [0.15, 0.2) is 73.1 Å². The zero-order chi connectivity index (χ0) is 73.5. The van der Waals surface area contributed by atoms with Crippen molar-refractivity contribution in [1.82, 2.24) is 29.7 Å². The van der Waals surface area contributed by atoms with E-state index in [-0.39, 0.29) is 136 Å². The Morgan fingerprint density at radius 3 is 1.17 bits per heavy atom. The summed E-state index contributed by atoms with van der Waals surface area (Å²) in [6.45, 7) is 1.64. The monoisotopic (exact) mass is 1470 g/mol. The second-order valence-electron chi connectivity index (χ2n) is 24.8. The molecule has 2 fully saturated rings. The van der Waals surface area contributed by atoms with Crippen molar-refractivity contribution in [3.8, 4) is 11.5 Å². The number of fused-ring (bicyclic) bond motifs is 2. The number of hydrogen-bond donors (Lipinski definition) is 6. The number of carbonyl (C=O) groups excluding carboxylic acids is 2. The first-order valence-corrected chi connectivity index (χ1v) is 36.4. The molecule has 26 nitrogen and oxygen atoms in total. The van der Waals surface area contributed by atoms with E-state index in [0.717, 1.165) is 47.9 Å². The van der Waals surface area contributed by atoms with Crippen molar-refractivity contribution in [3.05, 3.63) is 129 Å². The molecule has 0 atom stereocenters. The minimum Gasteiger partial charge on any atom is -0.495 e. The van der Waals surface area contributed by atoms with Gasteiger partial charge in [-0.1, -0.05) is 24.3 Å². The molecular formula is C68H86F6N10O16P2. The van der Waals surface area contributed by atoms with Gasteiger partial charge >= 0.3 is 27.5 Å². The Bertz CT molecular complexity index is 3950. The van der Waals surface area contributed by atoms with Gasteiger partial charge in [-0.3, -0.25) is 18.7 Å². The molecule has 0 radical (unpaired) electrons. The molecule has 556 valence electrons. The van der Waals surface area contributed by atoms with Crippen LogP contribution in [0.1, 0.15) is 128 Å². The second kappa shape index (κ2) is 35.3. The topological polar surface area (TPSA) is 307 Å². The molecule has 10 rings (SSSR count). The van der Waals surface area contributed by atoms with Crippen LogP contribution in [0.3, 0.4) is 0 Å². The van der Waals surface area contributed by atoms with E-state index >= 15 is 0 Å². The maximum absolute atomic E-state index is 14.2.